The molecule has 2 atom stereocenters. The largest absolute Gasteiger partial charge is 0.394 e. The Kier molecular flexibility index (Phi) is 3.44. The van der Waals surface area contributed by atoms with Crippen molar-refractivity contribution in [3.8, 4) is 0 Å². The van der Waals surface area contributed by atoms with Gasteiger partial charge < -0.3 is 10.0 Å². The van der Waals surface area contributed by atoms with Crippen LogP contribution in [0.5, 0.6) is 0 Å². The van der Waals surface area contributed by atoms with Crippen LogP contribution in [0.3, 0.4) is 0 Å². The van der Waals surface area contributed by atoms with Crippen LogP contribution in [-0.2, 0) is 0 Å². The zero-order valence-electron chi connectivity index (χ0n) is 9.52. The highest BCUT2D eigenvalue weighted by Crippen LogP contribution is 2.29. The maximum atomic E-state index is 9.41. The van der Waals surface area contributed by atoms with Crippen molar-refractivity contribution >= 4 is 21.7 Å². The standard InChI is InChI=1S/C11H16BrN3O/c1-7-3-4-15(9(7)6-16)11-5-10(12)13-8(2)14-11/h5,7,9,16H,3-4,6H2,1-2H3. The SMILES string of the molecule is Cc1nc(Br)cc(N2CCC(C)C2CO)n1. The number of rotatable bonds is 2. The predicted molar refractivity (Wildman–Crippen MR) is 66.5 cm³/mol. The number of hydrogen-bond donors (Lipinski definition) is 1. The van der Waals surface area contributed by atoms with Gasteiger partial charge in [0.1, 0.15) is 16.2 Å². The lowest BCUT2D eigenvalue weighted by atomic mass is 10.0. The van der Waals surface area contributed by atoms with Gasteiger partial charge in [-0.2, -0.15) is 0 Å². The number of aliphatic hydroxyl groups is 1. The zero-order chi connectivity index (χ0) is 11.7. The number of hydrogen-bond acceptors (Lipinski definition) is 4. The molecule has 0 saturated carbocycles. The highest BCUT2D eigenvalue weighted by molar-refractivity contribution is 9.10. The van der Waals surface area contributed by atoms with Crippen LogP contribution in [-0.4, -0.2) is 34.3 Å². The van der Waals surface area contributed by atoms with E-state index in [4.69, 9.17) is 0 Å². The van der Waals surface area contributed by atoms with Gasteiger partial charge in [0.05, 0.1) is 12.6 Å². The molecule has 1 aromatic heterocycles. The molecule has 2 unspecified atom stereocenters. The molecule has 1 saturated heterocycles. The second-order valence-corrected chi connectivity index (χ2v) is 5.12. The molecule has 1 aliphatic heterocycles. The van der Waals surface area contributed by atoms with Gasteiger partial charge in [0.15, 0.2) is 0 Å². The van der Waals surface area contributed by atoms with Crippen LogP contribution in [0, 0.1) is 12.8 Å². The van der Waals surface area contributed by atoms with Gasteiger partial charge >= 0.3 is 0 Å². The molecule has 1 N–H and O–H groups in total. The molecular weight excluding hydrogens is 270 g/mol. The van der Waals surface area contributed by atoms with E-state index in [9.17, 15) is 5.11 Å². The molecule has 5 heteroatoms. The zero-order valence-corrected chi connectivity index (χ0v) is 11.1. The number of aryl methyl sites for hydroxylation is 1. The fourth-order valence-electron chi connectivity index (χ4n) is 2.23. The van der Waals surface area contributed by atoms with Crippen molar-refractivity contribution in [1.82, 2.24) is 9.97 Å². The second-order valence-electron chi connectivity index (χ2n) is 4.31. The van der Waals surface area contributed by atoms with Crippen LogP contribution >= 0.6 is 15.9 Å². The number of halogens is 1. The third kappa shape index (κ3) is 2.20. The van der Waals surface area contributed by atoms with Crippen molar-refractivity contribution in [3.63, 3.8) is 0 Å². The molecule has 0 radical (unpaired) electrons. The van der Waals surface area contributed by atoms with E-state index >= 15 is 0 Å². The third-order valence-corrected chi connectivity index (χ3v) is 3.56. The average molecular weight is 286 g/mol. The predicted octanol–water partition coefficient (Wildman–Crippen LogP) is 1.75. The Hall–Kier alpha value is -0.680. The van der Waals surface area contributed by atoms with Gasteiger partial charge in [-0.15, -0.1) is 0 Å². The van der Waals surface area contributed by atoms with E-state index in [-0.39, 0.29) is 12.6 Å². The molecule has 16 heavy (non-hydrogen) atoms. The molecule has 2 heterocycles. The Labute approximate surface area is 104 Å². The average Bonchev–Trinajstić information content (AvgIpc) is 2.58. The molecule has 0 amide bonds. The minimum atomic E-state index is 0.182. The van der Waals surface area contributed by atoms with Gasteiger partial charge in [-0.1, -0.05) is 6.92 Å². The van der Waals surface area contributed by atoms with Crippen LogP contribution in [0.15, 0.2) is 10.7 Å². The summed E-state index contributed by atoms with van der Waals surface area (Å²) in [5.41, 5.74) is 0. The van der Waals surface area contributed by atoms with Gasteiger partial charge in [0.2, 0.25) is 0 Å². The highest BCUT2D eigenvalue weighted by atomic mass is 79.9. The molecule has 2 rings (SSSR count). The van der Waals surface area contributed by atoms with Gasteiger partial charge in [0.25, 0.3) is 0 Å². The van der Waals surface area contributed by atoms with Gasteiger partial charge in [-0.3, -0.25) is 0 Å². The smallest absolute Gasteiger partial charge is 0.133 e. The van der Waals surface area contributed by atoms with Gasteiger partial charge in [-0.05, 0) is 35.2 Å². The Morgan fingerprint density at radius 3 is 2.94 bits per heavy atom. The summed E-state index contributed by atoms with van der Waals surface area (Å²) in [5, 5.41) is 9.41. The molecule has 88 valence electrons. The Bertz CT molecular complexity index is 365. The molecule has 1 aromatic rings. The lowest BCUT2D eigenvalue weighted by Gasteiger charge is -2.26. The fourth-order valence-corrected chi connectivity index (χ4v) is 2.70. The first-order valence-electron chi connectivity index (χ1n) is 5.50. The highest BCUT2D eigenvalue weighted by Gasteiger charge is 2.31. The van der Waals surface area contributed by atoms with Crippen molar-refractivity contribution in [3.05, 3.63) is 16.5 Å². The molecule has 0 aromatic carbocycles. The Balaban J connectivity index is 2.29. The maximum absolute atomic E-state index is 9.41. The number of aromatic nitrogens is 2. The van der Waals surface area contributed by atoms with Crippen LogP contribution in [0.4, 0.5) is 5.82 Å². The van der Waals surface area contributed by atoms with Crippen LogP contribution in [0.25, 0.3) is 0 Å². The van der Waals surface area contributed by atoms with E-state index < -0.39 is 0 Å². The van der Waals surface area contributed by atoms with E-state index in [0.717, 1.165) is 29.2 Å². The van der Waals surface area contributed by atoms with Crippen LogP contribution in [0.2, 0.25) is 0 Å². The maximum Gasteiger partial charge on any atom is 0.133 e. The van der Waals surface area contributed by atoms with E-state index in [1.165, 1.54) is 0 Å². The molecule has 1 fully saturated rings. The van der Waals surface area contributed by atoms with Crippen LogP contribution < -0.4 is 4.90 Å². The lowest BCUT2D eigenvalue weighted by molar-refractivity contribution is 0.244. The van der Waals surface area contributed by atoms with Gasteiger partial charge in [-0.25, -0.2) is 9.97 Å². The molecular formula is C11H16BrN3O. The third-order valence-electron chi connectivity index (χ3n) is 3.16. The summed E-state index contributed by atoms with van der Waals surface area (Å²) in [4.78, 5) is 10.8. The van der Waals surface area contributed by atoms with Crippen molar-refractivity contribution in [2.24, 2.45) is 5.92 Å². The van der Waals surface area contributed by atoms with Crippen LogP contribution in [0.1, 0.15) is 19.2 Å². The number of aliphatic hydroxyl groups excluding tert-OH is 1. The first-order chi connectivity index (χ1) is 7.61. The number of nitrogens with zero attached hydrogens (tertiary/aromatic N) is 3. The molecule has 0 spiro atoms. The van der Waals surface area contributed by atoms with Crippen molar-refractivity contribution in [1.29, 1.82) is 0 Å². The van der Waals surface area contributed by atoms with Crippen molar-refractivity contribution in [2.45, 2.75) is 26.3 Å². The molecule has 0 aliphatic carbocycles. The van der Waals surface area contributed by atoms with E-state index in [1.54, 1.807) is 0 Å². The molecule has 1 aliphatic rings. The number of anilines is 1. The van der Waals surface area contributed by atoms with E-state index in [2.05, 4.69) is 37.7 Å². The minimum absolute atomic E-state index is 0.182. The summed E-state index contributed by atoms with van der Waals surface area (Å²) < 4.78 is 0.797. The van der Waals surface area contributed by atoms with Crippen molar-refractivity contribution in [2.75, 3.05) is 18.1 Å². The van der Waals surface area contributed by atoms with Crippen molar-refractivity contribution < 1.29 is 5.11 Å². The Morgan fingerprint density at radius 1 is 1.56 bits per heavy atom. The fraction of sp³-hybridized carbons (Fsp3) is 0.636. The quantitative estimate of drug-likeness (QED) is 0.842. The first-order valence-corrected chi connectivity index (χ1v) is 6.30. The summed E-state index contributed by atoms with van der Waals surface area (Å²) in [6.07, 6.45) is 1.10. The topological polar surface area (TPSA) is 49.2 Å². The summed E-state index contributed by atoms with van der Waals surface area (Å²) in [6.45, 7) is 5.18. The van der Waals surface area contributed by atoms with Gasteiger partial charge in [0, 0.05) is 12.6 Å². The summed E-state index contributed by atoms with van der Waals surface area (Å²) >= 11 is 3.38. The second kappa shape index (κ2) is 4.67. The monoisotopic (exact) mass is 285 g/mol. The Morgan fingerprint density at radius 2 is 2.31 bits per heavy atom. The lowest BCUT2D eigenvalue weighted by Crippen LogP contribution is -2.35. The first kappa shape index (κ1) is 11.8. The van der Waals surface area contributed by atoms with E-state index in [1.807, 2.05) is 13.0 Å². The summed E-state index contributed by atoms with van der Waals surface area (Å²) in [7, 11) is 0. The molecule has 4 nitrogen and oxygen atoms in total. The van der Waals surface area contributed by atoms with E-state index in [0.29, 0.717) is 5.92 Å². The molecule has 0 bridgehead atoms. The summed E-state index contributed by atoms with van der Waals surface area (Å²) in [5.74, 6) is 2.17. The normalized spacial score (nSPS) is 25.1. The summed E-state index contributed by atoms with van der Waals surface area (Å²) in [6, 6.07) is 2.09. The minimum Gasteiger partial charge on any atom is -0.394 e.